The Hall–Kier alpha value is -2.74. The Morgan fingerprint density at radius 2 is 1.15 bits per heavy atom. The molecule has 2 nitrogen and oxygen atoms in total. The number of aryl methyl sites for hydroxylation is 2. The van der Waals surface area contributed by atoms with E-state index in [1.54, 1.807) is 0 Å². The van der Waals surface area contributed by atoms with Gasteiger partial charge in [-0.15, -0.1) is 0 Å². The highest BCUT2D eigenvalue weighted by Gasteiger charge is 2.38. The minimum Gasteiger partial charge on any atom is -0.399 e. The maximum atomic E-state index is 6.00. The molecule has 0 unspecified atom stereocenters. The summed E-state index contributed by atoms with van der Waals surface area (Å²) in [5, 5.41) is 0. The van der Waals surface area contributed by atoms with E-state index in [0.29, 0.717) is 0 Å². The van der Waals surface area contributed by atoms with E-state index in [-0.39, 0.29) is 5.41 Å². The molecule has 4 N–H and O–H groups in total. The summed E-state index contributed by atoms with van der Waals surface area (Å²) < 4.78 is 0. The standard InChI is InChI=1S/C32H42N2/c1-2-3-4-5-6-25-7-9-26(10-8-25)11-12-27-21-23-32(24-22-27,28-13-17-30(33)18-14-28)29-15-19-31(34)20-16-29/h7-10,13-20,27H,2-6,11-12,21-24,33-34H2,1H3. The zero-order chi connectivity index (χ0) is 23.8. The molecule has 0 saturated heterocycles. The summed E-state index contributed by atoms with van der Waals surface area (Å²) in [5.41, 5.74) is 19.5. The Balaban J connectivity index is 1.36. The highest BCUT2D eigenvalue weighted by molar-refractivity contribution is 5.49. The van der Waals surface area contributed by atoms with Crippen LogP contribution in [0.3, 0.4) is 0 Å². The van der Waals surface area contributed by atoms with Crippen molar-refractivity contribution in [2.24, 2.45) is 5.92 Å². The molecule has 1 fully saturated rings. The first-order valence-corrected chi connectivity index (χ1v) is 13.4. The molecule has 0 heterocycles. The molecule has 2 heteroatoms. The smallest absolute Gasteiger partial charge is 0.0314 e. The van der Waals surface area contributed by atoms with E-state index >= 15 is 0 Å². The highest BCUT2D eigenvalue weighted by atomic mass is 14.5. The van der Waals surface area contributed by atoms with Gasteiger partial charge in [-0.2, -0.15) is 0 Å². The Morgan fingerprint density at radius 3 is 1.65 bits per heavy atom. The van der Waals surface area contributed by atoms with Crippen LogP contribution in [-0.2, 0) is 18.3 Å². The van der Waals surface area contributed by atoms with Crippen molar-refractivity contribution in [3.63, 3.8) is 0 Å². The van der Waals surface area contributed by atoms with Gasteiger partial charge in [-0.25, -0.2) is 0 Å². The quantitative estimate of drug-likeness (QED) is 0.240. The molecule has 0 atom stereocenters. The van der Waals surface area contributed by atoms with Crippen LogP contribution in [0.2, 0.25) is 0 Å². The fourth-order valence-corrected chi connectivity index (χ4v) is 5.81. The average molecular weight is 455 g/mol. The van der Waals surface area contributed by atoms with Crippen LogP contribution in [0.5, 0.6) is 0 Å². The Kier molecular flexibility index (Phi) is 8.32. The fourth-order valence-electron chi connectivity index (χ4n) is 5.81. The van der Waals surface area contributed by atoms with Gasteiger partial charge < -0.3 is 11.5 Å². The van der Waals surface area contributed by atoms with Gasteiger partial charge in [0.1, 0.15) is 0 Å². The van der Waals surface area contributed by atoms with Crippen LogP contribution in [0, 0.1) is 5.92 Å². The predicted octanol–water partition coefficient (Wildman–Crippen LogP) is 8.08. The number of nitrogens with two attached hydrogens (primary N) is 2. The van der Waals surface area contributed by atoms with Crippen molar-refractivity contribution in [3.05, 3.63) is 95.1 Å². The molecule has 1 aliphatic carbocycles. The molecule has 3 aromatic carbocycles. The van der Waals surface area contributed by atoms with Gasteiger partial charge in [0.05, 0.1) is 0 Å². The average Bonchev–Trinajstić information content (AvgIpc) is 2.87. The van der Waals surface area contributed by atoms with E-state index < -0.39 is 0 Å². The van der Waals surface area contributed by atoms with Gasteiger partial charge in [0, 0.05) is 16.8 Å². The van der Waals surface area contributed by atoms with Crippen molar-refractivity contribution in [3.8, 4) is 0 Å². The number of unbranched alkanes of at least 4 members (excludes halogenated alkanes) is 3. The van der Waals surface area contributed by atoms with Crippen LogP contribution in [0.25, 0.3) is 0 Å². The third-order valence-electron chi connectivity index (χ3n) is 8.07. The topological polar surface area (TPSA) is 52.0 Å². The highest BCUT2D eigenvalue weighted by Crippen LogP contribution is 2.47. The van der Waals surface area contributed by atoms with Crippen molar-refractivity contribution in [1.82, 2.24) is 0 Å². The molecule has 0 spiro atoms. The number of nitrogen functional groups attached to an aromatic ring is 2. The maximum Gasteiger partial charge on any atom is 0.0314 e. The van der Waals surface area contributed by atoms with Crippen LogP contribution < -0.4 is 11.5 Å². The van der Waals surface area contributed by atoms with E-state index in [1.807, 2.05) is 24.3 Å². The van der Waals surface area contributed by atoms with E-state index in [9.17, 15) is 0 Å². The summed E-state index contributed by atoms with van der Waals surface area (Å²) in [7, 11) is 0. The summed E-state index contributed by atoms with van der Waals surface area (Å²) in [6.45, 7) is 2.27. The van der Waals surface area contributed by atoms with Crippen LogP contribution in [0.1, 0.15) is 87.0 Å². The van der Waals surface area contributed by atoms with Crippen molar-refractivity contribution in [2.45, 2.75) is 83.0 Å². The van der Waals surface area contributed by atoms with Gasteiger partial charge in [0.25, 0.3) is 0 Å². The molecular formula is C32H42N2. The Bertz CT molecular complexity index is 947. The van der Waals surface area contributed by atoms with E-state index in [1.165, 1.54) is 92.9 Å². The third kappa shape index (κ3) is 6.03. The lowest BCUT2D eigenvalue weighted by atomic mass is 9.62. The molecule has 1 saturated carbocycles. The molecule has 0 amide bonds. The molecule has 4 rings (SSSR count). The molecule has 0 aliphatic heterocycles. The summed E-state index contributed by atoms with van der Waals surface area (Å²) in [6, 6.07) is 26.6. The van der Waals surface area contributed by atoms with Crippen molar-refractivity contribution < 1.29 is 0 Å². The lowest BCUT2D eigenvalue weighted by molar-refractivity contribution is 0.255. The molecule has 1 aliphatic rings. The van der Waals surface area contributed by atoms with Gasteiger partial charge in [-0.3, -0.25) is 0 Å². The first kappa shape index (κ1) is 24.4. The SMILES string of the molecule is CCCCCCc1ccc(CCC2CCC(c3ccc(N)cc3)(c3ccc(N)cc3)CC2)cc1. The molecule has 3 aromatic rings. The lowest BCUT2D eigenvalue weighted by Crippen LogP contribution is -2.33. The summed E-state index contributed by atoms with van der Waals surface area (Å²) in [6.07, 6.45) is 13.9. The third-order valence-corrected chi connectivity index (χ3v) is 8.07. The minimum absolute atomic E-state index is 0.0668. The van der Waals surface area contributed by atoms with E-state index in [0.717, 1.165) is 17.3 Å². The van der Waals surface area contributed by atoms with Crippen molar-refractivity contribution in [2.75, 3.05) is 11.5 Å². The Labute approximate surface area is 206 Å². The van der Waals surface area contributed by atoms with Crippen LogP contribution >= 0.6 is 0 Å². The zero-order valence-electron chi connectivity index (χ0n) is 20.9. The number of hydrogen-bond donors (Lipinski definition) is 2. The lowest BCUT2D eigenvalue weighted by Gasteiger charge is -2.41. The molecular weight excluding hydrogens is 412 g/mol. The number of rotatable bonds is 10. The number of anilines is 2. The molecule has 0 radical (unpaired) electrons. The predicted molar refractivity (Wildman–Crippen MR) is 147 cm³/mol. The first-order valence-electron chi connectivity index (χ1n) is 13.4. The molecule has 0 bridgehead atoms. The summed E-state index contributed by atoms with van der Waals surface area (Å²) in [4.78, 5) is 0. The summed E-state index contributed by atoms with van der Waals surface area (Å²) in [5.74, 6) is 0.796. The Morgan fingerprint density at radius 1 is 0.647 bits per heavy atom. The van der Waals surface area contributed by atoms with Crippen molar-refractivity contribution >= 4 is 11.4 Å². The van der Waals surface area contributed by atoms with Crippen LogP contribution in [-0.4, -0.2) is 0 Å². The second kappa shape index (κ2) is 11.6. The summed E-state index contributed by atoms with van der Waals surface area (Å²) >= 11 is 0. The fraction of sp³-hybridized carbons (Fsp3) is 0.438. The van der Waals surface area contributed by atoms with Gasteiger partial charge >= 0.3 is 0 Å². The van der Waals surface area contributed by atoms with Crippen molar-refractivity contribution in [1.29, 1.82) is 0 Å². The zero-order valence-corrected chi connectivity index (χ0v) is 20.9. The van der Waals surface area contributed by atoms with E-state index in [2.05, 4.69) is 55.5 Å². The molecule has 180 valence electrons. The normalized spacial score (nSPS) is 15.9. The van der Waals surface area contributed by atoms with Gasteiger partial charge in [-0.1, -0.05) is 74.7 Å². The molecule has 0 aromatic heterocycles. The monoisotopic (exact) mass is 454 g/mol. The number of hydrogen-bond acceptors (Lipinski definition) is 2. The van der Waals surface area contributed by atoms with E-state index in [4.69, 9.17) is 11.5 Å². The minimum atomic E-state index is 0.0668. The first-order chi connectivity index (χ1) is 16.6. The molecule has 34 heavy (non-hydrogen) atoms. The van der Waals surface area contributed by atoms with Crippen LogP contribution in [0.15, 0.2) is 72.8 Å². The van der Waals surface area contributed by atoms with Gasteiger partial charge in [0.15, 0.2) is 0 Å². The van der Waals surface area contributed by atoms with Gasteiger partial charge in [-0.05, 0) is 104 Å². The maximum absolute atomic E-state index is 6.00. The van der Waals surface area contributed by atoms with Crippen LogP contribution in [0.4, 0.5) is 11.4 Å². The van der Waals surface area contributed by atoms with Gasteiger partial charge in [0.2, 0.25) is 0 Å². The number of benzene rings is 3. The largest absolute Gasteiger partial charge is 0.399 e. The second-order valence-corrected chi connectivity index (χ2v) is 10.4. The second-order valence-electron chi connectivity index (χ2n) is 10.4.